The van der Waals surface area contributed by atoms with Crippen LogP contribution in [0.25, 0.3) is 0 Å². The molecule has 3 rings (SSSR count). The maximum Gasteiger partial charge on any atom is 0.210 e. The first kappa shape index (κ1) is 12.5. The number of hydrogen-bond acceptors (Lipinski definition) is 9. The van der Waals surface area contributed by atoms with Gasteiger partial charge in [0.25, 0.3) is 0 Å². The molecule has 9 nitrogen and oxygen atoms in total. The normalized spacial score (nSPS) is 43.2. The predicted octanol–water partition coefficient (Wildman–Crippen LogP) is -3.57. The van der Waals surface area contributed by atoms with Crippen LogP contribution in [0.2, 0.25) is 0 Å². The van der Waals surface area contributed by atoms with Crippen molar-refractivity contribution in [3.8, 4) is 0 Å². The third-order valence-electron chi connectivity index (χ3n) is 4.13. The first-order chi connectivity index (χ1) is 8.83. The van der Waals surface area contributed by atoms with Gasteiger partial charge in [-0.2, -0.15) is 0 Å². The van der Waals surface area contributed by atoms with Crippen molar-refractivity contribution in [3.05, 3.63) is 0 Å². The highest BCUT2D eigenvalue weighted by atomic mass is 16.5. The Hall–Kier alpha value is -1.58. The van der Waals surface area contributed by atoms with Crippen molar-refractivity contribution in [2.75, 3.05) is 6.61 Å². The zero-order valence-electron chi connectivity index (χ0n) is 10.5. The minimum atomic E-state index is -2.07. The van der Waals surface area contributed by atoms with Gasteiger partial charge in [-0.05, 0) is 6.92 Å². The van der Waals surface area contributed by atoms with Gasteiger partial charge in [-0.25, -0.2) is 9.98 Å². The van der Waals surface area contributed by atoms with E-state index in [-0.39, 0.29) is 31.0 Å². The standard InChI is InChI=1S/C10H18N6O3/c1-4-2-9(18,19)10-6(14-7(11)15-10)5(3-17)13-8(12)16(4)10/h4-6,17-19H,2-3H2,1H3,(H2,12,13)(H3,11,14,15)/t4?,5-,6?,10?/m1/s1. The molecule has 9 heteroatoms. The topological polar surface area (TPSA) is 153 Å². The number of aliphatic hydroxyl groups is 3. The highest BCUT2D eigenvalue weighted by Crippen LogP contribution is 2.46. The lowest BCUT2D eigenvalue weighted by atomic mass is 9.87. The second kappa shape index (κ2) is 3.50. The van der Waals surface area contributed by atoms with Gasteiger partial charge in [0, 0.05) is 12.5 Å². The quantitative estimate of drug-likeness (QED) is 0.269. The monoisotopic (exact) mass is 270 g/mol. The molecule has 3 aliphatic heterocycles. The van der Waals surface area contributed by atoms with E-state index in [4.69, 9.17) is 11.5 Å². The van der Waals surface area contributed by atoms with Crippen molar-refractivity contribution in [3.63, 3.8) is 0 Å². The molecule has 19 heavy (non-hydrogen) atoms. The Balaban J connectivity index is 2.18. The van der Waals surface area contributed by atoms with Gasteiger partial charge < -0.3 is 37.0 Å². The van der Waals surface area contributed by atoms with Crippen LogP contribution in [-0.2, 0) is 0 Å². The second-order valence-electron chi connectivity index (χ2n) is 5.33. The average molecular weight is 270 g/mol. The molecule has 3 unspecified atom stereocenters. The van der Waals surface area contributed by atoms with Gasteiger partial charge >= 0.3 is 0 Å². The molecule has 0 aromatic heterocycles. The Labute approximate surface area is 109 Å². The Bertz CT molecular complexity index is 478. The first-order valence-electron chi connectivity index (χ1n) is 6.13. The van der Waals surface area contributed by atoms with E-state index < -0.39 is 23.5 Å². The van der Waals surface area contributed by atoms with Crippen molar-refractivity contribution in [1.82, 2.24) is 10.2 Å². The van der Waals surface area contributed by atoms with Gasteiger partial charge in [0.1, 0.15) is 12.1 Å². The number of nitrogens with two attached hydrogens (primary N) is 2. The van der Waals surface area contributed by atoms with Crippen molar-refractivity contribution in [2.45, 2.75) is 42.9 Å². The van der Waals surface area contributed by atoms with E-state index in [1.807, 2.05) is 6.92 Å². The number of hydrogen-bond donors (Lipinski definition) is 6. The Kier molecular flexibility index (Phi) is 2.29. The summed E-state index contributed by atoms with van der Waals surface area (Å²) in [6.07, 6.45) is 0.0771. The summed E-state index contributed by atoms with van der Waals surface area (Å²) in [4.78, 5) is 9.93. The van der Waals surface area contributed by atoms with Crippen LogP contribution in [0.15, 0.2) is 9.98 Å². The van der Waals surface area contributed by atoms with Crippen molar-refractivity contribution < 1.29 is 15.3 Å². The van der Waals surface area contributed by atoms with Crippen molar-refractivity contribution in [1.29, 1.82) is 0 Å². The lowest BCUT2D eigenvalue weighted by Gasteiger charge is -2.49. The molecule has 3 aliphatic rings. The fourth-order valence-electron chi connectivity index (χ4n) is 3.50. The Morgan fingerprint density at radius 1 is 1.42 bits per heavy atom. The molecule has 106 valence electrons. The predicted molar refractivity (Wildman–Crippen MR) is 66.9 cm³/mol. The Morgan fingerprint density at radius 2 is 2.11 bits per heavy atom. The van der Waals surface area contributed by atoms with E-state index in [2.05, 4.69) is 15.3 Å². The third-order valence-corrected chi connectivity index (χ3v) is 4.13. The summed E-state index contributed by atoms with van der Waals surface area (Å²) >= 11 is 0. The Morgan fingerprint density at radius 3 is 2.74 bits per heavy atom. The number of guanidine groups is 2. The molecule has 0 radical (unpaired) electrons. The summed E-state index contributed by atoms with van der Waals surface area (Å²) in [5.41, 5.74) is 10.2. The van der Waals surface area contributed by atoms with E-state index in [0.29, 0.717) is 0 Å². The van der Waals surface area contributed by atoms with Crippen LogP contribution in [-0.4, -0.2) is 68.3 Å². The van der Waals surface area contributed by atoms with Crippen LogP contribution in [0.5, 0.6) is 0 Å². The summed E-state index contributed by atoms with van der Waals surface area (Å²) in [5.74, 6) is -1.85. The zero-order chi connectivity index (χ0) is 14.0. The number of aliphatic imine (C=N–C) groups is 2. The maximum absolute atomic E-state index is 10.4. The molecule has 0 amide bonds. The van der Waals surface area contributed by atoms with Gasteiger partial charge in [0.05, 0.1) is 6.61 Å². The average Bonchev–Trinajstić information content (AvgIpc) is 2.73. The molecule has 0 aromatic rings. The molecule has 1 fully saturated rings. The molecule has 1 saturated heterocycles. The van der Waals surface area contributed by atoms with E-state index in [0.717, 1.165) is 0 Å². The fourth-order valence-corrected chi connectivity index (χ4v) is 3.50. The third kappa shape index (κ3) is 1.29. The number of aliphatic hydroxyl groups excluding tert-OH is 1. The van der Waals surface area contributed by atoms with E-state index in [1.165, 1.54) is 0 Å². The van der Waals surface area contributed by atoms with E-state index in [9.17, 15) is 15.3 Å². The van der Waals surface area contributed by atoms with Crippen molar-refractivity contribution in [2.24, 2.45) is 21.5 Å². The van der Waals surface area contributed by atoms with Gasteiger partial charge in [0.15, 0.2) is 17.6 Å². The number of nitrogens with zero attached hydrogens (tertiary/aromatic N) is 3. The largest absolute Gasteiger partial charge is 0.394 e. The molecule has 8 N–H and O–H groups in total. The van der Waals surface area contributed by atoms with E-state index >= 15 is 0 Å². The smallest absolute Gasteiger partial charge is 0.210 e. The van der Waals surface area contributed by atoms with E-state index in [1.54, 1.807) is 4.90 Å². The molecule has 0 aliphatic carbocycles. The molecule has 1 spiro atoms. The summed E-state index contributed by atoms with van der Waals surface area (Å²) < 4.78 is 0. The minimum absolute atomic E-state index is 0.0771. The molecule has 0 saturated carbocycles. The van der Waals surface area contributed by atoms with Gasteiger partial charge in [-0.15, -0.1) is 0 Å². The molecule has 0 aromatic carbocycles. The lowest BCUT2D eigenvalue weighted by Crippen LogP contribution is -2.77. The van der Waals surface area contributed by atoms with Gasteiger partial charge in [0.2, 0.25) is 5.79 Å². The highest BCUT2D eigenvalue weighted by molar-refractivity contribution is 5.87. The van der Waals surface area contributed by atoms with Crippen molar-refractivity contribution >= 4 is 11.9 Å². The maximum atomic E-state index is 10.4. The second-order valence-corrected chi connectivity index (χ2v) is 5.33. The number of rotatable bonds is 1. The number of nitrogens with one attached hydrogen (secondary N) is 1. The minimum Gasteiger partial charge on any atom is -0.394 e. The lowest BCUT2D eigenvalue weighted by molar-refractivity contribution is -0.221. The summed E-state index contributed by atoms with van der Waals surface area (Å²) in [5, 5.41) is 33.0. The van der Waals surface area contributed by atoms with Crippen LogP contribution in [0.1, 0.15) is 13.3 Å². The van der Waals surface area contributed by atoms with Crippen LogP contribution < -0.4 is 16.8 Å². The van der Waals surface area contributed by atoms with Gasteiger partial charge in [-0.3, -0.25) is 0 Å². The first-order valence-corrected chi connectivity index (χ1v) is 6.13. The molecular formula is C10H18N6O3. The summed E-state index contributed by atoms with van der Waals surface area (Å²) in [6, 6.07) is -1.60. The molecule has 3 heterocycles. The molecule has 0 bridgehead atoms. The van der Waals surface area contributed by atoms with Crippen LogP contribution >= 0.6 is 0 Å². The zero-order valence-corrected chi connectivity index (χ0v) is 10.5. The van der Waals surface area contributed by atoms with Gasteiger partial charge in [-0.1, -0.05) is 0 Å². The fraction of sp³-hybridized carbons (Fsp3) is 0.800. The SMILES string of the molecule is CC1CC(O)(O)C23NC(N)=NC2[C@@H](CO)N=C(N)N13. The summed E-state index contributed by atoms with van der Waals surface area (Å²) in [6.45, 7) is 1.51. The molecular weight excluding hydrogens is 252 g/mol. The van der Waals surface area contributed by atoms with Crippen LogP contribution in [0.4, 0.5) is 0 Å². The molecule has 4 atom stereocenters. The van der Waals surface area contributed by atoms with Crippen LogP contribution in [0, 0.1) is 0 Å². The summed E-state index contributed by atoms with van der Waals surface area (Å²) in [7, 11) is 0. The van der Waals surface area contributed by atoms with Crippen LogP contribution in [0.3, 0.4) is 0 Å². The highest BCUT2D eigenvalue weighted by Gasteiger charge is 2.71.